The van der Waals surface area contributed by atoms with E-state index >= 15 is 0 Å². The zero-order chi connectivity index (χ0) is 13.4. The number of ether oxygens (including phenoxy) is 1. The Balaban J connectivity index is 2.07. The number of halogens is 1. The largest absolute Gasteiger partial charge is 0.356 e. The van der Waals surface area contributed by atoms with E-state index < -0.39 is 4.92 Å². The van der Waals surface area contributed by atoms with Gasteiger partial charge in [-0.3, -0.25) is 10.1 Å². The molecule has 19 heavy (non-hydrogen) atoms. The summed E-state index contributed by atoms with van der Waals surface area (Å²) in [4.78, 5) is 10.4. The Kier molecular flexibility index (Phi) is 3.12. The third-order valence-electron chi connectivity index (χ3n) is 3.29. The molecule has 1 atom stereocenters. The van der Waals surface area contributed by atoms with Crippen LogP contribution >= 0.6 is 11.6 Å². The smallest absolute Gasteiger partial charge is 0.288 e. The highest BCUT2D eigenvalue weighted by atomic mass is 35.5. The number of fused-ring (bicyclic) bond motifs is 1. The topological polar surface area (TPSA) is 70.2 Å². The summed E-state index contributed by atoms with van der Waals surface area (Å²) in [5, 5.41) is 15.9. The highest BCUT2D eigenvalue weighted by molar-refractivity contribution is 6.33. The van der Waals surface area contributed by atoms with Gasteiger partial charge in [-0.2, -0.15) is 5.10 Å². The highest BCUT2D eigenvalue weighted by Crippen LogP contribution is 2.32. The van der Waals surface area contributed by atoms with Gasteiger partial charge in [0.05, 0.1) is 16.6 Å². The van der Waals surface area contributed by atoms with Crippen molar-refractivity contribution < 1.29 is 9.66 Å². The molecule has 6 nitrogen and oxygen atoms in total. The predicted molar refractivity (Wildman–Crippen MR) is 70.2 cm³/mol. The molecule has 0 saturated carbocycles. The second-order valence-corrected chi connectivity index (χ2v) is 4.94. The molecule has 1 saturated heterocycles. The number of benzene rings is 1. The Hall–Kier alpha value is -1.66. The lowest BCUT2D eigenvalue weighted by atomic mass is 10.2. The minimum Gasteiger partial charge on any atom is -0.356 e. The van der Waals surface area contributed by atoms with Gasteiger partial charge in [0.25, 0.3) is 5.69 Å². The Labute approximate surface area is 114 Å². The van der Waals surface area contributed by atoms with Crippen LogP contribution in [0.2, 0.25) is 5.02 Å². The van der Waals surface area contributed by atoms with Gasteiger partial charge in [-0.05, 0) is 25.3 Å². The fraction of sp³-hybridized carbons (Fsp3) is 0.417. The van der Waals surface area contributed by atoms with Gasteiger partial charge in [-0.1, -0.05) is 11.6 Å². The predicted octanol–water partition coefficient (Wildman–Crippen LogP) is 3.30. The average Bonchev–Trinajstić information content (AvgIpc) is 2.81. The second kappa shape index (κ2) is 4.79. The molecule has 2 heterocycles. The van der Waals surface area contributed by atoms with Gasteiger partial charge in [0.2, 0.25) is 0 Å². The van der Waals surface area contributed by atoms with E-state index in [0.717, 1.165) is 24.8 Å². The standard InChI is InChI=1S/C12H12ClN3O3/c13-9-6-10-8(5-11(9)16(17)18)7-14-15(10)12-3-1-2-4-19-12/h5-7,12H,1-4H2/t12-/m0/s1. The molecule has 2 aromatic rings. The van der Waals surface area contributed by atoms with Crippen LogP contribution in [0.1, 0.15) is 25.5 Å². The summed E-state index contributed by atoms with van der Waals surface area (Å²) in [6.07, 6.45) is 4.54. The molecule has 0 amide bonds. The van der Waals surface area contributed by atoms with Crippen molar-refractivity contribution in [3.63, 3.8) is 0 Å². The fourth-order valence-corrected chi connectivity index (χ4v) is 2.57. The Morgan fingerprint density at radius 1 is 1.47 bits per heavy atom. The van der Waals surface area contributed by atoms with Crippen LogP contribution in [0.5, 0.6) is 0 Å². The summed E-state index contributed by atoms with van der Waals surface area (Å²) in [6, 6.07) is 3.03. The van der Waals surface area contributed by atoms with Crippen molar-refractivity contribution in [1.82, 2.24) is 9.78 Å². The normalized spacial score (nSPS) is 19.7. The van der Waals surface area contributed by atoms with Crippen LogP contribution in [-0.4, -0.2) is 21.3 Å². The molecule has 1 aliphatic heterocycles. The molecule has 1 fully saturated rings. The minimum atomic E-state index is -0.490. The van der Waals surface area contributed by atoms with E-state index in [4.69, 9.17) is 16.3 Å². The van der Waals surface area contributed by atoms with Gasteiger partial charge in [-0.15, -0.1) is 0 Å². The summed E-state index contributed by atoms with van der Waals surface area (Å²) in [7, 11) is 0. The van der Waals surface area contributed by atoms with Crippen molar-refractivity contribution in [2.24, 2.45) is 0 Å². The van der Waals surface area contributed by atoms with E-state index in [2.05, 4.69) is 5.10 Å². The quantitative estimate of drug-likeness (QED) is 0.625. The molecule has 0 radical (unpaired) electrons. The molecule has 1 aliphatic rings. The summed E-state index contributed by atoms with van der Waals surface area (Å²) in [5.41, 5.74) is 0.667. The van der Waals surface area contributed by atoms with Crippen molar-refractivity contribution in [3.05, 3.63) is 33.5 Å². The number of nitro groups is 1. The highest BCUT2D eigenvalue weighted by Gasteiger charge is 2.21. The summed E-state index contributed by atoms with van der Waals surface area (Å²) < 4.78 is 7.43. The molecular weight excluding hydrogens is 270 g/mol. The molecule has 0 unspecified atom stereocenters. The van der Waals surface area contributed by atoms with Crippen LogP contribution in [0.15, 0.2) is 18.3 Å². The zero-order valence-corrected chi connectivity index (χ0v) is 10.8. The molecule has 0 spiro atoms. The first kappa shape index (κ1) is 12.4. The number of aromatic nitrogens is 2. The second-order valence-electron chi connectivity index (χ2n) is 4.53. The maximum Gasteiger partial charge on any atom is 0.288 e. The number of hydrogen-bond donors (Lipinski definition) is 0. The lowest BCUT2D eigenvalue weighted by Crippen LogP contribution is -2.18. The zero-order valence-electron chi connectivity index (χ0n) is 10.1. The lowest BCUT2D eigenvalue weighted by molar-refractivity contribution is -0.384. The van der Waals surface area contributed by atoms with Crippen LogP contribution in [0.3, 0.4) is 0 Å². The fourth-order valence-electron chi connectivity index (χ4n) is 2.34. The van der Waals surface area contributed by atoms with Crippen LogP contribution in [0.4, 0.5) is 5.69 Å². The summed E-state index contributed by atoms with van der Waals surface area (Å²) in [5.74, 6) is 0. The average molecular weight is 282 g/mol. The third kappa shape index (κ3) is 2.17. The number of nitrogens with zero attached hydrogens (tertiary/aromatic N) is 3. The van der Waals surface area contributed by atoms with Crippen molar-refractivity contribution in [2.45, 2.75) is 25.5 Å². The molecule has 100 valence electrons. The van der Waals surface area contributed by atoms with Gasteiger partial charge >= 0.3 is 0 Å². The summed E-state index contributed by atoms with van der Waals surface area (Å²) in [6.45, 7) is 0.715. The van der Waals surface area contributed by atoms with Gasteiger partial charge in [0.15, 0.2) is 6.23 Å². The van der Waals surface area contributed by atoms with Crippen LogP contribution in [0.25, 0.3) is 10.9 Å². The van der Waals surface area contributed by atoms with E-state index in [1.165, 1.54) is 6.07 Å². The Morgan fingerprint density at radius 3 is 3.00 bits per heavy atom. The third-order valence-corrected chi connectivity index (χ3v) is 3.59. The van der Waals surface area contributed by atoms with Crippen molar-refractivity contribution in [3.8, 4) is 0 Å². The van der Waals surface area contributed by atoms with E-state index in [0.29, 0.717) is 12.0 Å². The number of nitro benzene ring substituents is 1. The molecule has 3 rings (SSSR count). The molecule has 1 aromatic carbocycles. The maximum atomic E-state index is 10.8. The lowest BCUT2D eigenvalue weighted by Gasteiger charge is -2.23. The molecule has 0 aliphatic carbocycles. The van der Waals surface area contributed by atoms with Gasteiger partial charge in [-0.25, -0.2) is 4.68 Å². The molecule has 0 bridgehead atoms. The van der Waals surface area contributed by atoms with Crippen molar-refractivity contribution >= 4 is 28.2 Å². The van der Waals surface area contributed by atoms with Crippen LogP contribution < -0.4 is 0 Å². The van der Waals surface area contributed by atoms with Gasteiger partial charge < -0.3 is 4.74 Å². The molecule has 1 aromatic heterocycles. The summed E-state index contributed by atoms with van der Waals surface area (Å²) >= 11 is 5.94. The van der Waals surface area contributed by atoms with Crippen molar-refractivity contribution in [1.29, 1.82) is 0 Å². The van der Waals surface area contributed by atoms with Crippen molar-refractivity contribution in [2.75, 3.05) is 6.61 Å². The van der Waals surface area contributed by atoms with Gasteiger partial charge in [0.1, 0.15) is 5.02 Å². The molecular formula is C12H12ClN3O3. The minimum absolute atomic E-state index is 0.0988. The SMILES string of the molecule is O=[N+]([O-])c1cc2cnn([C@@H]3CCCCO3)c2cc1Cl. The first-order valence-corrected chi connectivity index (χ1v) is 6.47. The number of rotatable bonds is 2. The Bertz CT molecular complexity index is 634. The Morgan fingerprint density at radius 2 is 2.32 bits per heavy atom. The first-order chi connectivity index (χ1) is 9.16. The maximum absolute atomic E-state index is 10.8. The first-order valence-electron chi connectivity index (χ1n) is 6.09. The van der Waals surface area contributed by atoms with Gasteiger partial charge in [0, 0.05) is 18.1 Å². The molecule has 7 heteroatoms. The van der Waals surface area contributed by atoms with E-state index in [-0.39, 0.29) is 16.9 Å². The monoisotopic (exact) mass is 281 g/mol. The van der Waals surface area contributed by atoms with E-state index in [9.17, 15) is 10.1 Å². The van der Waals surface area contributed by atoms with Crippen LogP contribution in [-0.2, 0) is 4.74 Å². The van der Waals surface area contributed by atoms with E-state index in [1.807, 2.05) is 0 Å². The molecule has 0 N–H and O–H groups in total. The van der Waals surface area contributed by atoms with Crippen LogP contribution in [0, 0.1) is 10.1 Å². The van der Waals surface area contributed by atoms with E-state index in [1.54, 1.807) is 16.9 Å². The number of hydrogen-bond acceptors (Lipinski definition) is 4.